The fourth-order valence-electron chi connectivity index (χ4n) is 1.96. The zero-order valence-electron chi connectivity index (χ0n) is 11.2. The highest BCUT2D eigenvalue weighted by Crippen LogP contribution is 2.36. The van der Waals surface area contributed by atoms with Crippen molar-refractivity contribution in [2.24, 2.45) is 5.92 Å². The van der Waals surface area contributed by atoms with Gasteiger partial charge in [-0.25, -0.2) is 0 Å². The number of carbonyl (C=O) groups is 1. The number of carbonyl (C=O) groups excluding carboxylic acids is 1. The number of halogens is 3. The summed E-state index contributed by atoms with van der Waals surface area (Å²) in [6.07, 6.45) is 1.88. The first-order valence-corrected chi connectivity index (χ1v) is 7.80. The van der Waals surface area contributed by atoms with E-state index in [0.717, 1.165) is 10.0 Å². The predicted molar refractivity (Wildman–Crippen MR) is 87.4 cm³/mol. The molecule has 0 aromatic heterocycles. The Kier molecular flexibility index (Phi) is 4.95. The maximum absolute atomic E-state index is 12.1. The Labute approximate surface area is 137 Å². The van der Waals surface area contributed by atoms with Gasteiger partial charge in [0.05, 0.1) is 10.7 Å². The Morgan fingerprint density at radius 2 is 1.80 bits per heavy atom. The van der Waals surface area contributed by atoms with Crippen LogP contribution in [0.3, 0.4) is 0 Å². The molecule has 1 aliphatic heterocycles. The maximum atomic E-state index is 12.1. The third kappa shape index (κ3) is 3.27. The minimum Gasteiger partial charge on any atom is -0.306 e. The molecule has 0 spiro atoms. The lowest BCUT2D eigenvalue weighted by Crippen LogP contribution is -2.29. The number of hydrogen-bond acceptors (Lipinski definition) is 1. The number of amides is 1. The largest absolute Gasteiger partial charge is 0.306 e. The van der Waals surface area contributed by atoms with E-state index in [2.05, 4.69) is 15.9 Å². The summed E-state index contributed by atoms with van der Waals surface area (Å²) in [5, 5.41) is 0.413. The van der Waals surface area contributed by atoms with Gasteiger partial charge in [-0.3, -0.25) is 4.79 Å². The van der Waals surface area contributed by atoms with Crippen molar-refractivity contribution in [1.29, 1.82) is 0 Å². The average molecular weight is 375 g/mol. The van der Waals surface area contributed by atoms with Crippen LogP contribution in [-0.4, -0.2) is 17.4 Å². The van der Waals surface area contributed by atoms with Crippen LogP contribution in [0, 0.1) is 5.92 Å². The van der Waals surface area contributed by atoms with Crippen LogP contribution in [0.1, 0.15) is 19.4 Å². The molecule has 0 atom stereocenters. The van der Waals surface area contributed by atoms with Crippen molar-refractivity contribution in [1.82, 2.24) is 4.90 Å². The van der Waals surface area contributed by atoms with Crippen LogP contribution in [0.15, 0.2) is 44.5 Å². The Bertz CT molecular complexity index is 590. The quantitative estimate of drug-likeness (QED) is 0.730. The standard InChI is InChI=1S/C15H14BrCl2NO/c1-9(2)8-19-12(13(17)14(18)15(19)20)7-10-3-5-11(16)6-4-10/h3-7,9H,8H2,1-2H3/b12-7-. The molecule has 0 saturated carbocycles. The molecule has 20 heavy (non-hydrogen) atoms. The number of hydrogen-bond donors (Lipinski definition) is 0. The van der Waals surface area contributed by atoms with Crippen molar-refractivity contribution in [3.05, 3.63) is 50.1 Å². The second kappa shape index (κ2) is 6.33. The first-order valence-electron chi connectivity index (χ1n) is 6.25. The van der Waals surface area contributed by atoms with Gasteiger partial charge in [-0.2, -0.15) is 0 Å². The monoisotopic (exact) mass is 373 g/mol. The summed E-state index contributed by atoms with van der Waals surface area (Å²) in [7, 11) is 0. The lowest BCUT2D eigenvalue weighted by atomic mass is 10.1. The van der Waals surface area contributed by atoms with Gasteiger partial charge in [0.1, 0.15) is 5.03 Å². The Morgan fingerprint density at radius 1 is 1.20 bits per heavy atom. The van der Waals surface area contributed by atoms with Crippen molar-refractivity contribution in [2.75, 3.05) is 6.54 Å². The molecule has 5 heteroatoms. The second-order valence-electron chi connectivity index (χ2n) is 5.02. The number of allylic oxidation sites excluding steroid dienone is 1. The van der Waals surface area contributed by atoms with E-state index in [1.165, 1.54) is 0 Å². The molecule has 0 saturated heterocycles. The van der Waals surface area contributed by atoms with E-state index in [9.17, 15) is 4.79 Å². The van der Waals surface area contributed by atoms with Gasteiger partial charge in [0.15, 0.2) is 0 Å². The molecule has 0 radical (unpaired) electrons. The van der Waals surface area contributed by atoms with E-state index >= 15 is 0 Å². The van der Waals surface area contributed by atoms with Gasteiger partial charge in [-0.05, 0) is 29.7 Å². The van der Waals surface area contributed by atoms with Crippen LogP contribution in [0.5, 0.6) is 0 Å². The van der Waals surface area contributed by atoms with E-state index in [4.69, 9.17) is 23.2 Å². The molecule has 0 bridgehead atoms. The lowest BCUT2D eigenvalue weighted by molar-refractivity contribution is -0.124. The normalized spacial score (nSPS) is 17.8. The molecule has 1 aromatic carbocycles. The summed E-state index contributed by atoms with van der Waals surface area (Å²) in [5.41, 5.74) is 1.63. The first-order chi connectivity index (χ1) is 9.40. The van der Waals surface area contributed by atoms with Crippen LogP contribution in [0.4, 0.5) is 0 Å². The van der Waals surface area contributed by atoms with Gasteiger partial charge in [0.2, 0.25) is 0 Å². The smallest absolute Gasteiger partial charge is 0.271 e. The Balaban J connectivity index is 2.39. The van der Waals surface area contributed by atoms with Gasteiger partial charge in [0, 0.05) is 11.0 Å². The van der Waals surface area contributed by atoms with Crippen molar-refractivity contribution in [2.45, 2.75) is 13.8 Å². The predicted octanol–water partition coefficient (Wildman–Crippen LogP) is 4.98. The summed E-state index contributed by atoms with van der Waals surface area (Å²) in [4.78, 5) is 13.7. The topological polar surface area (TPSA) is 20.3 Å². The van der Waals surface area contributed by atoms with Crippen LogP contribution >= 0.6 is 39.1 Å². The molecule has 0 fully saturated rings. The highest BCUT2D eigenvalue weighted by atomic mass is 79.9. The SMILES string of the molecule is CC(C)CN1C(=O)C(Cl)=C(Cl)/C1=C/c1ccc(Br)cc1. The minimum atomic E-state index is -0.228. The third-order valence-electron chi connectivity index (χ3n) is 2.86. The number of rotatable bonds is 3. The molecule has 0 unspecified atom stereocenters. The van der Waals surface area contributed by atoms with Gasteiger partial charge < -0.3 is 4.90 Å². The highest BCUT2D eigenvalue weighted by Gasteiger charge is 2.33. The summed E-state index contributed by atoms with van der Waals surface area (Å²) in [5.74, 6) is 0.105. The molecular weight excluding hydrogens is 361 g/mol. The Hall–Kier alpha value is -0.770. The van der Waals surface area contributed by atoms with Gasteiger partial charge in [-0.1, -0.05) is 65.1 Å². The lowest BCUT2D eigenvalue weighted by Gasteiger charge is -2.21. The van der Waals surface area contributed by atoms with Crippen molar-refractivity contribution in [3.8, 4) is 0 Å². The molecule has 106 valence electrons. The molecule has 1 aromatic rings. The van der Waals surface area contributed by atoms with E-state index in [-0.39, 0.29) is 10.9 Å². The summed E-state index contributed by atoms with van der Waals surface area (Å²) in [6, 6.07) is 7.78. The van der Waals surface area contributed by atoms with E-state index in [1.54, 1.807) is 4.90 Å². The van der Waals surface area contributed by atoms with Crippen LogP contribution in [0.25, 0.3) is 6.08 Å². The van der Waals surface area contributed by atoms with Crippen molar-refractivity contribution < 1.29 is 4.79 Å². The number of nitrogens with zero attached hydrogens (tertiary/aromatic N) is 1. The summed E-state index contributed by atoms with van der Waals surface area (Å²) in [6.45, 7) is 4.68. The van der Waals surface area contributed by atoms with Gasteiger partial charge >= 0.3 is 0 Å². The molecule has 1 heterocycles. The molecule has 1 aliphatic rings. The first kappa shape index (κ1) is 15.6. The van der Waals surface area contributed by atoms with Crippen LogP contribution in [0.2, 0.25) is 0 Å². The molecule has 0 aliphatic carbocycles. The van der Waals surface area contributed by atoms with Gasteiger partial charge in [-0.15, -0.1) is 0 Å². The third-order valence-corrected chi connectivity index (χ3v) is 4.22. The molecule has 2 nitrogen and oxygen atoms in total. The van der Waals surface area contributed by atoms with Gasteiger partial charge in [0.25, 0.3) is 5.91 Å². The molecule has 0 N–H and O–H groups in total. The summed E-state index contributed by atoms with van der Waals surface area (Å²) < 4.78 is 1.00. The zero-order valence-corrected chi connectivity index (χ0v) is 14.3. The molecule has 1 amide bonds. The molecule has 2 rings (SSSR count). The van der Waals surface area contributed by atoms with E-state index in [1.807, 2.05) is 44.2 Å². The Morgan fingerprint density at radius 3 is 2.35 bits per heavy atom. The zero-order chi connectivity index (χ0) is 14.9. The fourth-order valence-corrected chi connectivity index (χ4v) is 2.66. The van der Waals surface area contributed by atoms with E-state index < -0.39 is 0 Å². The van der Waals surface area contributed by atoms with Crippen molar-refractivity contribution >= 4 is 51.1 Å². The maximum Gasteiger partial charge on any atom is 0.271 e. The van der Waals surface area contributed by atoms with Crippen LogP contribution < -0.4 is 0 Å². The second-order valence-corrected chi connectivity index (χ2v) is 6.69. The van der Waals surface area contributed by atoms with Crippen molar-refractivity contribution in [3.63, 3.8) is 0 Å². The fraction of sp³-hybridized carbons (Fsp3) is 0.267. The summed E-state index contributed by atoms with van der Waals surface area (Å²) >= 11 is 15.6. The molecular formula is C15H14BrCl2NO. The minimum absolute atomic E-state index is 0.0932. The van der Waals surface area contributed by atoms with E-state index in [0.29, 0.717) is 23.2 Å². The highest BCUT2D eigenvalue weighted by molar-refractivity contribution is 9.10. The van der Waals surface area contributed by atoms with Crippen LogP contribution in [-0.2, 0) is 4.79 Å². The average Bonchev–Trinajstić information content (AvgIpc) is 2.59. The number of benzene rings is 1.